The maximum Gasteiger partial charge on any atom is 0.328 e. The van der Waals surface area contributed by atoms with Gasteiger partial charge in [-0.05, 0) is 24.1 Å². The summed E-state index contributed by atoms with van der Waals surface area (Å²) in [6, 6.07) is 7.64. The lowest BCUT2D eigenvalue weighted by molar-refractivity contribution is -0.131. The Morgan fingerprint density at radius 2 is 2.08 bits per heavy atom. The third-order valence-electron chi connectivity index (χ3n) is 1.59. The molecule has 2 nitrogen and oxygen atoms in total. The molecular weight excluding hydrogens is 152 g/mol. The van der Waals surface area contributed by atoms with Crippen LogP contribution in [-0.2, 0) is 4.79 Å². The molecule has 0 fully saturated rings. The van der Waals surface area contributed by atoms with E-state index in [0.717, 1.165) is 17.2 Å². The molecule has 0 radical (unpaired) electrons. The summed E-state index contributed by atoms with van der Waals surface area (Å²) < 4.78 is 0. The molecule has 1 aromatic rings. The van der Waals surface area contributed by atoms with E-state index in [4.69, 9.17) is 5.11 Å². The zero-order valence-corrected chi connectivity index (χ0v) is 6.82. The molecule has 0 aliphatic heterocycles. The van der Waals surface area contributed by atoms with Gasteiger partial charge in [0.25, 0.3) is 0 Å². The van der Waals surface area contributed by atoms with E-state index >= 15 is 0 Å². The number of aryl methyl sites for hydroxylation is 1. The highest BCUT2D eigenvalue weighted by atomic mass is 16.4. The van der Waals surface area contributed by atoms with Crippen molar-refractivity contribution >= 4 is 12.0 Å². The molecule has 0 unspecified atom stereocenters. The van der Waals surface area contributed by atoms with Crippen molar-refractivity contribution in [3.05, 3.63) is 41.5 Å². The van der Waals surface area contributed by atoms with Crippen LogP contribution in [0.3, 0.4) is 0 Å². The Hall–Kier alpha value is -1.57. The Morgan fingerprint density at radius 1 is 1.42 bits per heavy atom. The Morgan fingerprint density at radius 3 is 2.67 bits per heavy atom. The number of aliphatic carboxylic acids is 1. The predicted octanol–water partition coefficient (Wildman–Crippen LogP) is 2.09. The average molecular weight is 162 g/mol. The van der Waals surface area contributed by atoms with Crippen LogP contribution in [-0.4, -0.2) is 11.1 Å². The number of carboxylic acids is 1. The van der Waals surface area contributed by atoms with Crippen LogP contribution in [0.4, 0.5) is 0 Å². The first-order chi connectivity index (χ1) is 5.70. The van der Waals surface area contributed by atoms with Crippen LogP contribution >= 0.6 is 0 Å². The maximum atomic E-state index is 10.2. The van der Waals surface area contributed by atoms with E-state index in [9.17, 15) is 4.79 Å². The summed E-state index contributed by atoms with van der Waals surface area (Å²) in [6.45, 7) is 1.95. The van der Waals surface area contributed by atoms with Crippen molar-refractivity contribution in [2.45, 2.75) is 6.92 Å². The summed E-state index contributed by atoms with van der Waals surface area (Å²) in [7, 11) is 0. The highest BCUT2D eigenvalue weighted by Gasteiger charge is 1.91. The third-order valence-corrected chi connectivity index (χ3v) is 1.59. The largest absolute Gasteiger partial charge is 0.478 e. The number of hydrogen-bond donors (Lipinski definition) is 1. The highest BCUT2D eigenvalue weighted by molar-refractivity contribution is 5.85. The SMILES string of the molecule is Cc1ccccc1/C=C/C(=O)O. The van der Waals surface area contributed by atoms with Crippen molar-refractivity contribution in [1.29, 1.82) is 0 Å². The molecule has 0 atom stereocenters. The Balaban J connectivity index is 2.89. The number of hydrogen-bond acceptors (Lipinski definition) is 1. The minimum Gasteiger partial charge on any atom is -0.478 e. The first-order valence-electron chi connectivity index (χ1n) is 3.67. The zero-order valence-electron chi connectivity index (χ0n) is 6.82. The second kappa shape index (κ2) is 3.72. The van der Waals surface area contributed by atoms with E-state index in [1.807, 2.05) is 31.2 Å². The van der Waals surface area contributed by atoms with Gasteiger partial charge in [-0.3, -0.25) is 0 Å². The first kappa shape index (κ1) is 8.53. The standard InChI is InChI=1S/C10H10O2/c1-8-4-2-3-5-9(8)6-7-10(11)12/h2-7H,1H3,(H,11,12)/b7-6+. The number of rotatable bonds is 2. The lowest BCUT2D eigenvalue weighted by Gasteiger charge is -1.96. The van der Waals surface area contributed by atoms with Gasteiger partial charge in [0, 0.05) is 6.08 Å². The van der Waals surface area contributed by atoms with E-state index in [1.165, 1.54) is 0 Å². The third kappa shape index (κ3) is 2.23. The number of benzene rings is 1. The van der Waals surface area contributed by atoms with Gasteiger partial charge >= 0.3 is 5.97 Å². The predicted molar refractivity (Wildman–Crippen MR) is 47.8 cm³/mol. The molecule has 0 aromatic heterocycles. The van der Waals surface area contributed by atoms with Gasteiger partial charge < -0.3 is 5.11 Å². The number of carbonyl (C=O) groups is 1. The normalized spacial score (nSPS) is 10.4. The molecule has 1 rings (SSSR count). The van der Waals surface area contributed by atoms with Gasteiger partial charge in [-0.15, -0.1) is 0 Å². The maximum absolute atomic E-state index is 10.2. The molecule has 12 heavy (non-hydrogen) atoms. The van der Waals surface area contributed by atoms with Crippen molar-refractivity contribution in [3.63, 3.8) is 0 Å². The van der Waals surface area contributed by atoms with E-state index in [0.29, 0.717) is 0 Å². The van der Waals surface area contributed by atoms with Gasteiger partial charge in [-0.1, -0.05) is 24.3 Å². The first-order valence-corrected chi connectivity index (χ1v) is 3.67. The summed E-state index contributed by atoms with van der Waals surface area (Å²) in [5.41, 5.74) is 2.02. The van der Waals surface area contributed by atoms with Gasteiger partial charge in [-0.2, -0.15) is 0 Å². The van der Waals surface area contributed by atoms with Gasteiger partial charge in [0.15, 0.2) is 0 Å². The van der Waals surface area contributed by atoms with Crippen molar-refractivity contribution in [3.8, 4) is 0 Å². The Bertz CT molecular complexity index is 313. The summed E-state index contributed by atoms with van der Waals surface area (Å²) in [6.07, 6.45) is 2.74. The quantitative estimate of drug-likeness (QED) is 0.676. The lowest BCUT2D eigenvalue weighted by Crippen LogP contribution is -1.86. The van der Waals surface area contributed by atoms with Gasteiger partial charge in [-0.25, -0.2) is 4.79 Å². The van der Waals surface area contributed by atoms with E-state index in [2.05, 4.69) is 0 Å². The molecule has 0 bridgehead atoms. The lowest BCUT2D eigenvalue weighted by atomic mass is 10.1. The fourth-order valence-electron chi connectivity index (χ4n) is 0.935. The van der Waals surface area contributed by atoms with E-state index in [-0.39, 0.29) is 0 Å². The molecular formula is C10H10O2. The van der Waals surface area contributed by atoms with Crippen molar-refractivity contribution in [2.75, 3.05) is 0 Å². The molecule has 1 aromatic carbocycles. The van der Waals surface area contributed by atoms with Crippen molar-refractivity contribution in [2.24, 2.45) is 0 Å². The molecule has 1 N–H and O–H groups in total. The summed E-state index contributed by atoms with van der Waals surface area (Å²) in [4.78, 5) is 10.2. The van der Waals surface area contributed by atoms with Gasteiger partial charge in [0.2, 0.25) is 0 Å². The van der Waals surface area contributed by atoms with E-state index in [1.54, 1.807) is 6.08 Å². The highest BCUT2D eigenvalue weighted by Crippen LogP contribution is 2.08. The van der Waals surface area contributed by atoms with Crippen molar-refractivity contribution in [1.82, 2.24) is 0 Å². The average Bonchev–Trinajstić information content (AvgIpc) is 2.03. The monoisotopic (exact) mass is 162 g/mol. The second-order valence-electron chi connectivity index (χ2n) is 2.53. The minimum absolute atomic E-state index is 0.918. The van der Waals surface area contributed by atoms with E-state index < -0.39 is 5.97 Å². The number of carboxylic acid groups (broad SMARTS) is 1. The molecule has 0 aliphatic carbocycles. The smallest absolute Gasteiger partial charge is 0.328 e. The van der Waals surface area contributed by atoms with Crippen LogP contribution in [0.1, 0.15) is 11.1 Å². The van der Waals surface area contributed by atoms with Crippen LogP contribution in [0.25, 0.3) is 6.08 Å². The minimum atomic E-state index is -0.918. The van der Waals surface area contributed by atoms with Crippen LogP contribution in [0, 0.1) is 6.92 Å². The van der Waals surface area contributed by atoms with Gasteiger partial charge in [0.1, 0.15) is 0 Å². The summed E-state index contributed by atoms with van der Waals surface area (Å²) >= 11 is 0. The summed E-state index contributed by atoms with van der Waals surface area (Å²) in [5, 5.41) is 8.38. The molecule has 0 amide bonds. The van der Waals surface area contributed by atoms with Crippen LogP contribution < -0.4 is 0 Å². The Kier molecular flexibility index (Phi) is 2.64. The summed E-state index contributed by atoms with van der Waals surface area (Å²) in [5.74, 6) is -0.918. The molecule has 2 heteroatoms. The topological polar surface area (TPSA) is 37.3 Å². The fraction of sp³-hybridized carbons (Fsp3) is 0.100. The van der Waals surface area contributed by atoms with Crippen LogP contribution in [0.2, 0.25) is 0 Å². The molecule has 0 spiro atoms. The molecule has 0 saturated heterocycles. The molecule has 0 saturated carbocycles. The van der Waals surface area contributed by atoms with Gasteiger partial charge in [0.05, 0.1) is 0 Å². The Labute approximate surface area is 71.2 Å². The molecule has 0 heterocycles. The molecule has 0 aliphatic rings. The van der Waals surface area contributed by atoms with Crippen molar-refractivity contribution < 1.29 is 9.90 Å². The van der Waals surface area contributed by atoms with Crippen LogP contribution in [0.15, 0.2) is 30.3 Å². The fourth-order valence-corrected chi connectivity index (χ4v) is 0.935. The zero-order chi connectivity index (χ0) is 8.97. The second-order valence-corrected chi connectivity index (χ2v) is 2.53. The molecule has 62 valence electrons. The van der Waals surface area contributed by atoms with Crippen LogP contribution in [0.5, 0.6) is 0 Å².